The fraction of sp³-hybridized carbons (Fsp3) is 0.235. The SMILES string of the molecule is O=C(CCc1cccc(F)c1F)NCC(O)c1ccccc1F. The van der Waals surface area contributed by atoms with Gasteiger partial charge in [-0.3, -0.25) is 4.79 Å². The molecule has 2 rings (SSSR count). The van der Waals surface area contributed by atoms with Gasteiger partial charge in [0.05, 0.1) is 6.10 Å². The summed E-state index contributed by atoms with van der Waals surface area (Å²) in [6.45, 7) is -0.161. The molecule has 0 aliphatic rings. The molecular formula is C17H16F3NO2. The first kappa shape index (κ1) is 17.0. The van der Waals surface area contributed by atoms with Gasteiger partial charge in [-0.05, 0) is 24.1 Å². The maximum atomic E-state index is 13.5. The summed E-state index contributed by atoms with van der Waals surface area (Å²) >= 11 is 0. The number of amides is 1. The van der Waals surface area contributed by atoms with Crippen molar-refractivity contribution in [2.45, 2.75) is 18.9 Å². The Morgan fingerprint density at radius 1 is 1.04 bits per heavy atom. The normalized spacial score (nSPS) is 12.0. The van der Waals surface area contributed by atoms with Crippen molar-refractivity contribution in [2.24, 2.45) is 0 Å². The van der Waals surface area contributed by atoms with Gasteiger partial charge in [0.2, 0.25) is 5.91 Å². The van der Waals surface area contributed by atoms with Crippen molar-refractivity contribution in [1.82, 2.24) is 5.32 Å². The van der Waals surface area contributed by atoms with Crippen LogP contribution in [0.3, 0.4) is 0 Å². The van der Waals surface area contributed by atoms with Crippen LogP contribution in [0.15, 0.2) is 42.5 Å². The summed E-state index contributed by atoms with van der Waals surface area (Å²) in [4.78, 5) is 11.7. The van der Waals surface area contributed by atoms with E-state index in [1.165, 1.54) is 30.3 Å². The van der Waals surface area contributed by atoms with Gasteiger partial charge < -0.3 is 10.4 Å². The van der Waals surface area contributed by atoms with Gasteiger partial charge in [-0.1, -0.05) is 30.3 Å². The smallest absolute Gasteiger partial charge is 0.220 e. The van der Waals surface area contributed by atoms with E-state index in [4.69, 9.17) is 0 Å². The van der Waals surface area contributed by atoms with Crippen molar-refractivity contribution in [3.63, 3.8) is 0 Å². The molecule has 0 saturated heterocycles. The van der Waals surface area contributed by atoms with Crippen molar-refractivity contribution < 1.29 is 23.1 Å². The molecule has 0 heterocycles. The second kappa shape index (κ2) is 7.78. The predicted octanol–water partition coefficient (Wildman–Crippen LogP) is 2.89. The number of halogens is 3. The van der Waals surface area contributed by atoms with Crippen LogP contribution in [0.25, 0.3) is 0 Å². The number of rotatable bonds is 6. The summed E-state index contributed by atoms with van der Waals surface area (Å²) in [6.07, 6.45) is -1.21. The molecule has 2 N–H and O–H groups in total. The lowest BCUT2D eigenvalue weighted by molar-refractivity contribution is -0.121. The Bertz CT molecular complexity index is 691. The molecule has 122 valence electrons. The van der Waals surface area contributed by atoms with Crippen LogP contribution < -0.4 is 5.32 Å². The van der Waals surface area contributed by atoms with Crippen LogP contribution in [-0.4, -0.2) is 17.6 Å². The third kappa shape index (κ3) is 4.56. The van der Waals surface area contributed by atoms with Gasteiger partial charge in [-0.25, -0.2) is 13.2 Å². The Hall–Kier alpha value is -2.34. The molecule has 2 aromatic carbocycles. The quantitative estimate of drug-likeness (QED) is 0.859. The van der Waals surface area contributed by atoms with Crippen molar-refractivity contribution in [3.8, 4) is 0 Å². The van der Waals surface area contributed by atoms with E-state index < -0.39 is 29.5 Å². The fourth-order valence-corrected chi connectivity index (χ4v) is 2.14. The highest BCUT2D eigenvalue weighted by Gasteiger charge is 2.14. The summed E-state index contributed by atoms with van der Waals surface area (Å²) in [5.74, 6) is -2.93. The standard InChI is InChI=1S/C17H16F3NO2/c18-13-6-2-1-5-12(13)15(22)10-21-16(23)9-8-11-4-3-7-14(19)17(11)20/h1-7,15,22H,8-10H2,(H,21,23). The molecule has 0 spiro atoms. The van der Waals surface area contributed by atoms with E-state index in [0.29, 0.717) is 0 Å². The summed E-state index contributed by atoms with van der Waals surface area (Å²) < 4.78 is 39.9. The average Bonchev–Trinajstić information content (AvgIpc) is 2.54. The number of aliphatic hydroxyl groups excluding tert-OH is 1. The second-order valence-corrected chi connectivity index (χ2v) is 5.05. The molecule has 0 aromatic heterocycles. The fourth-order valence-electron chi connectivity index (χ4n) is 2.14. The Labute approximate surface area is 131 Å². The number of aliphatic hydroxyl groups is 1. The van der Waals surface area contributed by atoms with Gasteiger partial charge in [-0.2, -0.15) is 0 Å². The van der Waals surface area contributed by atoms with Crippen molar-refractivity contribution in [2.75, 3.05) is 6.54 Å². The summed E-state index contributed by atoms with van der Waals surface area (Å²) in [7, 11) is 0. The molecule has 1 unspecified atom stereocenters. The van der Waals surface area contributed by atoms with Crippen LogP contribution in [0.2, 0.25) is 0 Å². The number of carbonyl (C=O) groups is 1. The topological polar surface area (TPSA) is 49.3 Å². The Morgan fingerprint density at radius 2 is 1.74 bits per heavy atom. The minimum Gasteiger partial charge on any atom is -0.386 e. The number of hydrogen-bond acceptors (Lipinski definition) is 2. The molecule has 0 radical (unpaired) electrons. The van der Waals surface area contributed by atoms with Gasteiger partial charge >= 0.3 is 0 Å². The summed E-state index contributed by atoms with van der Waals surface area (Å²) in [5.41, 5.74) is 0.193. The van der Waals surface area contributed by atoms with Crippen LogP contribution in [0, 0.1) is 17.5 Å². The van der Waals surface area contributed by atoms with E-state index >= 15 is 0 Å². The maximum absolute atomic E-state index is 13.5. The van der Waals surface area contributed by atoms with Crippen LogP contribution in [0.4, 0.5) is 13.2 Å². The summed E-state index contributed by atoms with van der Waals surface area (Å²) in [5, 5.41) is 12.3. The predicted molar refractivity (Wildman–Crippen MR) is 79.0 cm³/mol. The molecule has 6 heteroatoms. The van der Waals surface area contributed by atoms with Crippen molar-refractivity contribution >= 4 is 5.91 Å². The van der Waals surface area contributed by atoms with Crippen molar-refractivity contribution in [3.05, 3.63) is 71.0 Å². The van der Waals surface area contributed by atoms with Gasteiger partial charge in [0.25, 0.3) is 0 Å². The van der Waals surface area contributed by atoms with Gasteiger partial charge in [-0.15, -0.1) is 0 Å². The molecule has 1 amide bonds. The first-order valence-corrected chi connectivity index (χ1v) is 7.11. The van der Waals surface area contributed by atoms with Crippen LogP contribution >= 0.6 is 0 Å². The molecule has 1 atom stereocenters. The van der Waals surface area contributed by atoms with Crippen LogP contribution in [-0.2, 0) is 11.2 Å². The molecule has 0 aliphatic heterocycles. The highest BCUT2D eigenvalue weighted by molar-refractivity contribution is 5.76. The van der Waals surface area contributed by atoms with Crippen molar-refractivity contribution in [1.29, 1.82) is 0 Å². The number of benzene rings is 2. The lowest BCUT2D eigenvalue weighted by Crippen LogP contribution is -2.29. The van der Waals surface area contributed by atoms with E-state index in [1.807, 2.05) is 0 Å². The highest BCUT2D eigenvalue weighted by atomic mass is 19.2. The van der Waals surface area contributed by atoms with E-state index in [-0.39, 0.29) is 30.5 Å². The number of nitrogens with one attached hydrogen (secondary N) is 1. The Balaban J connectivity index is 1.84. The van der Waals surface area contributed by atoms with Crippen LogP contribution in [0.1, 0.15) is 23.7 Å². The molecule has 0 saturated carbocycles. The zero-order valence-corrected chi connectivity index (χ0v) is 12.2. The molecule has 3 nitrogen and oxygen atoms in total. The minimum absolute atomic E-state index is 0.0330. The average molecular weight is 323 g/mol. The Kier molecular flexibility index (Phi) is 5.76. The Morgan fingerprint density at radius 3 is 2.48 bits per heavy atom. The monoisotopic (exact) mass is 323 g/mol. The number of carbonyl (C=O) groups excluding carboxylic acids is 1. The second-order valence-electron chi connectivity index (χ2n) is 5.05. The molecular weight excluding hydrogens is 307 g/mol. The first-order chi connectivity index (χ1) is 11.0. The van der Waals surface area contributed by atoms with E-state index in [9.17, 15) is 23.1 Å². The first-order valence-electron chi connectivity index (χ1n) is 7.11. The number of hydrogen-bond donors (Lipinski definition) is 2. The summed E-state index contributed by atoms with van der Waals surface area (Å²) in [6, 6.07) is 9.49. The van der Waals surface area contributed by atoms with E-state index in [2.05, 4.69) is 5.32 Å². The number of aryl methyl sites for hydroxylation is 1. The van der Waals surface area contributed by atoms with E-state index in [1.54, 1.807) is 6.07 Å². The third-order valence-electron chi connectivity index (χ3n) is 3.41. The van der Waals surface area contributed by atoms with Gasteiger partial charge in [0, 0.05) is 18.5 Å². The lowest BCUT2D eigenvalue weighted by atomic mass is 10.1. The molecule has 2 aromatic rings. The largest absolute Gasteiger partial charge is 0.386 e. The minimum atomic E-state index is -1.17. The molecule has 0 fully saturated rings. The molecule has 0 aliphatic carbocycles. The zero-order valence-electron chi connectivity index (χ0n) is 12.2. The molecule has 0 bridgehead atoms. The van der Waals surface area contributed by atoms with Crippen LogP contribution in [0.5, 0.6) is 0 Å². The third-order valence-corrected chi connectivity index (χ3v) is 3.41. The lowest BCUT2D eigenvalue weighted by Gasteiger charge is -2.13. The zero-order chi connectivity index (χ0) is 16.8. The van der Waals surface area contributed by atoms with Gasteiger partial charge in [0.15, 0.2) is 11.6 Å². The maximum Gasteiger partial charge on any atom is 0.220 e. The van der Waals surface area contributed by atoms with Gasteiger partial charge in [0.1, 0.15) is 5.82 Å². The highest BCUT2D eigenvalue weighted by Crippen LogP contribution is 2.16. The molecule has 23 heavy (non-hydrogen) atoms. The van der Waals surface area contributed by atoms with E-state index in [0.717, 1.165) is 6.07 Å².